The highest BCUT2D eigenvalue weighted by atomic mass is 16.5. The van der Waals surface area contributed by atoms with Crippen LogP contribution in [0, 0.1) is 13.8 Å². The van der Waals surface area contributed by atoms with Gasteiger partial charge in [-0.15, -0.1) is 0 Å². The molecule has 1 aromatic heterocycles. The van der Waals surface area contributed by atoms with Crippen LogP contribution in [0.5, 0.6) is 5.75 Å². The highest BCUT2D eigenvalue weighted by molar-refractivity contribution is 5.95. The molecule has 1 fully saturated rings. The molecule has 1 saturated heterocycles. The predicted octanol–water partition coefficient (Wildman–Crippen LogP) is 2.67. The summed E-state index contributed by atoms with van der Waals surface area (Å²) in [4.78, 5) is 21.4. The second-order valence-electron chi connectivity index (χ2n) is 6.50. The molecule has 1 aromatic carbocycles. The number of rotatable bonds is 4. The van der Waals surface area contributed by atoms with Crippen LogP contribution in [0.15, 0.2) is 36.4 Å². The van der Waals surface area contributed by atoms with E-state index in [9.17, 15) is 4.79 Å². The van der Waals surface area contributed by atoms with E-state index in [4.69, 9.17) is 4.74 Å². The Morgan fingerprint density at radius 3 is 2.32 bits per heavy atom. The number of amides is 1. The summed E-state index contributed by atoms with van der Waals surface area (Å²) in [5, 5.41) is 0. The minimum atomic E-state index is 0.0918. The molecule has 132 valence electrons. The van der Waals surface area contributed by atoms with Crippen LogP contribution in [0.3, 0.4) is 0 Å². The van der Waals surface area contributed by atoms with Crippen molar-refractivity contribution in [3.8, 4) is 5.75 Å². The third kappa shape index (κ3) is 4.17. The number of carbonyl (C=O) groups is 1. The molecule has 0 saturated carbocycles. The number of piperazine rings is 1. The predicted molar refractivity (Wildman–Crippen MR) is 97.9 cm³/mol. The zero-order valence-electron chi connectivity index (χ0n) is 15.2. The zero-order valence-corrected chi connectivity index (χ0v) is 15.2. The van der Waals surface area contributed by atoms with Gasteiger partial charge in [-0.3, -0.25) is 14.7 Å². The van der Waals surface area contributed by atoms with Gasteiger partial charge in [0.15, 0.2) is 0 Å². The van der Waals surface area contributed by atoms with Crippen molar-refractivity contribution >= 4 is 5.91 Å². The van der Waals surface area contributed by atoms with Crippen LogP contribution in [0.2, 0.25) is 0 Å². The molecule has 3 rings (SSSR count). The Kier molecular flexibility index (Phi) is 5.34. The number of nitrogens with zero attached hydrogens (tertiary/aromatic N) is 3. The van der Waals surface area contributed by atoms with E-state index in [-0.39, 0.29) is 5.91 Å². The van der Waals surface area contributed by atoms with Gasteiger partial charge in [-0.1, -0.05) is 12.1 Å². The summed E-state index contributed by atoms with van der Waals surface area (Å²) >= 11 is 0. The molecule has 0 unspecified atom stereocenters. The van der Waals surface area contributed by atoms with Gasteiger partial charge >= 0.3 is 0 Å². The Hall–Kier alpha value is -2.40. The number of carbonyl (C=O) groups excluding carboxylic acids is 1. The fourth-order valence-electron chi connectivity index (χ4n) is 3.18. The summed E-state index contributed by atoms with van der Waals surface area (Å²) in [6.07, 6.45) is 0. The van der Waals surface area contributed by atoms with Crippen molar-refractivity contribution in [1.29, 1.82) is 0 Å². The van der Waals surface area contributed by atoms with Crippen molar-refractivity contribution in [2.24, 2.45) is 0 Å². The Balaban J connectivity index is 1.56. The molecule has 25 heavy (non-hydrogen) atoms. The minimum absolute atomic E-state index is 0.0918. The number of pyridine rings is 1. The van der Waals surface area contributed by atoms with Crippen molar-refractivity contribution in [3.63, 3.8) is 0 Å². The highest BCUT2D eigenvalue weighted by Crippen LogP contribution is 2.16. The summed E-state index contributed by atoms with van der Waals surface area (Å²) in [5.41, 5.74) is 3.73. The molecule has 5 nitrogen and oxygen atoms in total. The fraction of sp³-hybridized carbons (Fsp3) is 0.400. The molecule has 1 aliphatic rings. The van der Waals surface area contributed by atoms with Crippen molar-refractivity contribution in [1.82, 2.24) is 14.8 Å². The Labute approximate surface area is 149 Å². The molecule has 0 spiro atoms. The zero-order chi connectivity index (χ0) is 17.8. The molecular weight excluding hydrogens is 314 g/mol. The van der Waals surface area contributed by atoms with Crippen molar-refractivity contribution < 1.29 is 9.53 Å². The third-order valence-electron chi connectivity index (χ3n) is 4.68. The van der Waals surface area contributed by atoms with Crippen LogP contribution in [-0.2, 0) is 6.54 Å². The van der Waals surface area contributed by atoms with Crippen molar-refractivity contribution in [3.05, 3.63) is 58.9 Å². The van der Waals surface area contributed by atoms with Gasteiger partial charge in [0, 0.05) is 38.4 Å². The summed E-state index contributed by atoms with van der Waals surface area (Å²) < 4.78 is 5.20. The maximum absolute atomic E-state index is 12.7. The van der Waals surface area contributed by atoms with E-state index < -0.39 is 0 Å². The normalized spacial score (nSPS) is 15.2. The van der Waals surface area contributed by atoms with E-state index in [1.54, 1.807) is 7.11 Å². The van der Waals surface area contributed by atoms with E-state index in [1.807, 2.05) is 43.0 Å². The lowest BCUT2D eigenvalue weighted by molar-refractivity contribution is 0.0627. The van der Waals surface area contributed by atoms with Crippen molar-refractivity contribution in [2.45, 2.75) is 20.4 Å². The molecule has 2 heterocycles. The maximum atomic E-state index is 12.7. The number of hydrogen-bond acceptors (Lipinski definition) is 4. The number of ether oxygens (including phenoxy) is 1. The van der Waals surface area contributed by atoms with E-state index in [1.165, 1.54) is 5.56 Å². The van der Waals surface area contributed by atoms with Crippen LogP contribution < -0.4 is 4.74 Å². The third-order valence-corrected chi connectivity index (χ3v) is 4.68. The molecule has 0 atom stereocenters. The van der Waals surface area contributed by atoms with Gasteiger partial charge in [0.25, 0.3) is 5.91 Å². The van der Waals surface area contributed by atoms with Crippen LogP contribution in [0.1, 0.15) is 27.3 Å². The number of aromatic nitrogens is 1. The van der Waals surface area contributed by atoms with Gasteiger partial charge in [-0.25, -0.2) is 0 Å². The number of aryl methyl sites for hydroxylation is 2. The van der Waals surface area contributed by atoms with Crippen LogP contribution in [-0.4, -0.2) is 54.0 Å². The lowest BCUT2D eigenvalue weighted by Crippen LogP contribution is -2.48. The molecule has 0 aliphatic carbocycles. The molecular formula is C20H25N3O2. The van der Waals surface area contributed by atoms with Gasteiger partial charge in [0.2, 0.25) is 0 Å². The van der Waals surface area contributed by atoms with Crippen LogP contribution >= 0.6 is 0 Å². The summed E-state index contributed by atoms with van der Waals surface area (Å²) in [5.74, 6) is 0.968. The standard InChI is InChI=1S/C20H25N3O2/c1-15-4-9-19(16(2)21-15)20(24)23-12-10-22(11-13-23)14-17-5-7-18(25-3)8-6-17/h4-9H,10-14H2,1-3H3. The second-order valence-corrected chi connectivity index (χ2v) is 6.50. The Morgan fingerprint density at radius 2 is 1.72 bits per heavy atom. The van der Waals surface area contributed by atoms with E-state index in [0.717, 1.165) is 49.9 Å². The molecule has 0 bridgehead atoms. The lowest BCUT2D eigenvalue weighted by Gasteiger charge is -2.35. The average Bonchev–Trinajstić information content (AvgIpc) is 2.62. The molecule has 0 radical (unpaired) electrons. The van der Waals surface area contributed by atoms with Gasteiger partial charge < -0.3 is 9.64 Å². The molecule has 2 aromatic rings. The van der Waals surface area contributed by atoms with Crippen LogP contribution in [0.4, 0.5) is 0 Å². The molecule has 1 aliphatic heterocycles. The van der Waals surface area contributed by atoms with Crippen molar-refractivity contribution in [2.75, 3.05) is 33.3 Å². The summed E-state index contributed by atoms with van der Waals surface area (Å²) in [6.45, 7) is 8.02. The summed E-state index contributed by atoms with van der Waals surface area (Å²) in [7, 11) is 1.68. The van der Waals surface area contributed by atoms with Gasteiger partial charge in [0.05, 0.1) is 18.4 Å². The fourth-order valence-corrected chi connectivity index (χ4v) is 3.18. The average molecular weight is 339 g/mol. The van der Waals surface area contributed by atoms with Gasteiger partial charge in [-0.05, 0) is 43.7 Å². The van der Waals surface area contributed by atoms with E-state index in [0.29, 0.717) is 5.56 Å². The smallest absolute Gasteiger partial charge is 0.255 e. The first-order valence-electron chi connectivity index (χ1n) is 8.65. The van der Waals surface area contributed by atoms with E-state index in [2.05, 4.69) is 22.0 Å². The SMILES string of the molecule is COc1ccc(CN2CCN(C(=O)c3ccc(C)nc3C)CC2)cc1. The Morgan fingerprint density at radius 1 is 1.04 bits per heavy atom. The minimum Gasteiger partial charge on any atom is -0.497 e. The first kappa shape index (κ1) is 17.4. The molecule has 1 amide bonds. The molecule has 0 N–H and O–H groups in total. The number of methoxy groups -OCH3 is 1. The second kappa shape index (κ2) is 7.66. The highest BCUT2D eigenvalue weighted by Gasteiger charge is 2.23. The van der Waals surface area contributed by atoms with Gasteiger partial charge in [-0.2, -0.15) is 0 Å². The Bertz CT molecular complexity index is 735. The monoisotopic (exact) mass is 339 g/mol. The summed E-state index contributed by atoms with van der Waals surface area (Å²) in [6, 6.07) is 12.0. The van der Waals surface area contributed by atoms with E-state index >= 15 is 0 Å². The first-order valence-corrected chi connectivity index (χ1v) is 8.65. The number of hydrogen-bond donors (Lipinski definition) is 0. The van der Waals surface area contributed by atoms with Crippen LogP contribution in [0.25, 0.3) is 0 Å². The lowest BCUT2D eigenvalue weighted by atomic mass is 10.1. The largest absolute Gasteiger partial charge is 0.497 e. The first-order chi connectivity index (χ1) is 12.1. The quantitative estimate of drug-likeness (QED) is 0.859. The number of benzene rings is 1. The molecule has 5 heteroatoms. The maximum Gasteiger partial charge on any atom is 0.255 e. The van der Waals surface area contributed by atoms with Gasteiger partial charge in [0.1, 0.15) is 5.75 Å². The topological polar surface area (TPSA) is 45.7 Å².